The average molecular weight is 219 g/mol. The highest BCUT2D eigenvalue weighted by Gasteiger charge is 2.22. The van der Waals surface area contributed by atoms with Crippen LogP contribution in [0, 0.1) is 0 Å². The van der Waals surface area contributed by atoms with Gasteiger partial charge >= 0.3 is 0 Å². The van der Waals surface area contributed by atoms with Gasteiger partial charge in [-0.3, -0.25) is 0 Å². The number of aromatic nitrogens is 2. The van der Waals surface area contributed by atoms with Crippen LogP contribution in [-0.2, 0) is 6.54 Å². The molecule has 0 unspecified atom stereocenters. The van der Waals surface area contributed by atoms with E-state index in [0.29, 0.717) is 6.04 Å². The molecule has 2 heterocycles. The van der Waals surface area contributed by atoms with E-state index in [9.17, 15) is 0 Å². The van der Waals surface area contributed by atoms with Gasteiger partial charge in [0.05, 0.1) is 6.54 Å². The number of nitrogens with zero attached hydrogens (tertiary/aromatic N) is 2. The van der Waals surface area contributed by atoms with Crippen LogP contribution in [0.5, 0.6) is 0 Å². The molecule has 0 aliphatic heterocycles. The van der Waals surface area contributed by atoms with Crippen molar-refractivity contribution in [1.82, 2.24) is 9.55 Å². The van der Waals surface area contributed by atoms with Gasteiger partial charge in [0.15, 0.2) is 0 Å². The largest absolute Gasteiger partial charge is 0.353 e. The van der Waals surface area contributed by atoms with E-state index in [1.807, 2.05) is 12.4 Å². The van der Waals surface area contributed by atoms with Crippen LogP contribution in [0.1, 0.15) is 17.7 Å². The summed E-state index contributed by atoms with van der Waals surface area (Å²) in [5, 5.41) is 5.54. The monoisotopic (exact) mass is 219 g/mol. The van der Waals surface area contributed by atoms with Crippen molar-refractivity contribution in [2.45, 2.75) is 25.4 Å². The molecule has 15 heavy (non-hydrogen) atoms. The Hall–Kier alpha value is -1.29. The molecule has 2 aromatic heterocycles. The first kappa shape index (κ1) is 8.97. The van der Waals surface area contributed by atoms with Gasteiger partial charge in [-0.05, 0) is 24.3 Å². The second kappa shape index (κ2) is 3.70. The number of imidazole rings is 1. The van der Waals surface area contributed by atoms with Gasteiger partial charge < -0.3 is 9.88 Å². The molecule has 0 spiro atoms. The molecule has 1 aliphatic rings. The Kier molecular flexibility index (Phi) is 2.21. The van der Waals surface area contributed by atoms with E-state index in [2.05, 4.69) is 32.4 Å². The van der Waals surface area contributed by atoms with Crippen molar-refractivity contribution in [3.8, 4) is 0 Å². The molecule has 2 aromatic rings. The first-order chi connectivity index (χ1) is 7.42. The summed E-state index contributed by atoms with van der Waals surface area (Å²) in [6.45, 7) is 0.923. The van der Waals surface area contributed by atoms with E-state index in [4.69, 9.17) is 0 Å². The maximum atomic E-state index is 4.33. The summed E-state index contributed by atoms with van der Waals surface area (Å²) >= 11 is 1.79. The summed E-state index contributed by atoms with van der Waals surface area (Å²) in [5.41, 5.74) is 0. The molecule has 0 amide bonds. The van der Waals surface area contributed by atoms with Crippen LogP contribution in [0.4, 0.5) is 5.95 Å². The summed E-state index contributed by atoms with van der Waals surface area (Å²) in [4.78, 5) is 5.70. The smallest absolute Gasteiger partial charge is 0.203 e. The quantitative estimate of drug-likeness (QED) is 0.856. The van der Waals surface area contributed by atoms with Gasteiger partial charge in [-0.2, -0.15) is 0 Å². The van der Waals surface area contributed by atoms with E-state index in [1.54, 1.807) is 11.3 Å². The lowest BCUT2D eigenvalue weighted by Crippen LogP contribution is -2.09. The number of nitrogens with one attached hydrogen (secondary N) is 1. The lowest BCUT2D eigenvalue weighted by molar-refractivity contribution is 0.808. The number of anilines is 1. The minimum absolute atomic E-state index is 0.662. The van der Waals surface area contributed by atoms with Gasteiger partial charge in [0, 0.05) is 23.3 Å². The third-order valence-corrected chi connectivity index (χ3v) is 3.39. The number of hydrogen-bond acceptors (Lipinski definition) is 3. The topological polar surface area (TPSA) is 29.9 Å². The van der Waals surface area contributed by atoms with Crippen LogP contribution in [0.15, 0.2) is 29.9 Å². The molecule has 1 fully saturated rings. The molecule has 0 atom stereocenters. The Bertz CT molecular complexity index is 428. The molecule has 3 rings (SSSR count). The molecule has 1 saturated carbocycles. The maximum Gasteiger partial charge on any atom is 0.203 e. The molecule has 1 N–H and O–H groups in total. The van der Waals surface area contributed by atoms with Crippen molar-refractivity contribution < 1.29 is 0 Å². The highest BCUT2D eigenvalue weighted by atomic mass is 32.1. The van der Waals surface area contributed by atoms with Crippen molar-refractivity contribution in [2.24, 2.45) is 0 Å². The Morgan fingerprint density at radius 1 is 1.53 bits per heavy atom. The Balaban J connectivity index is 1.75. The van der Waals surface area contributed by atoms with E-state index in [0.717, 1.165) is 12.5 Å². The molecule has 78 valence electrons. The summed E-state index contributed by atoms with van der Waals surface area (Å²) in [7, 11) is 0. The lowest BCUT2D eigenvalue weighted by Gasteiger charge is -2.07. The van der Waals surface area contributed by atoms with E-state index in [1.165, 1.54) is 17.7 Å². The Labute approximate surface area is 92.8 Å². The zero-order chi connectivity index (χ0) is 10.1. The Morgan fingerprint density at radius 2 is 2.47 bits per heavy atom. The number of hydrogen-bond donors (Lipinski definition) is 1. The number of thiophene rings is 1. The predicted molar refractivity (Wildman–Crippen MR) is 62.3 cm³/mol. The molecule has 0 aromatic carbocycles. The maximum absolute atomic E-state index is 4.33. The van der Waals surface area contributed by atoms with E-state index < -0.39 is 0 Å². The van der Waals surface area contributed by atoms with Crippen LogP contribution >= 0.6 is 11.3 Å². The normalized spacial score (nSPS) is 15.5. The van der Waals surface area contributed by atoms with Crippen molar-refractivity contribution in [3.63, 3.8) is 0 Å². The first-order valence-electron chi connectivity index (χ1n) is 5.22. The van der Waals surface area contributed by atoms with Crippen molar-refractivity contribution >= 4 is 17.3 Å². The van der Waals surface area contributed by atoms with Gasteiger partial charge in [0.1, 0.15) is 0 Å². The molecule has 3 nitrogen and oxygen atoms in total. The van der Waals surface area contributed by atoms with Gasteiger partial charge in [-0.1, -0.05) is 6.07 Å². The second-order valence-electron chi connectivity index (χ2n) is 3.88. The van der Waals surface area contributed by atoms with E-state index >= 15 is 0 Å². The Morgan fingerprint density at radius 3 is 3.20 bits per heavy atom. The average Bonchev–Trinajstić information content (AvgIpc) is 2.75. The fourth-order valence-corrected chi connectivity index (χ4v) is 2.26. The van der Waals surface area contributed by atoms with Gasteiger partial charge in [0.25, 0.3) is 0 Å². The minimum atomic E-state index is 0.662. The molecular weight excluding hydrogens is 206 g/mol. The van der Waals surface area contributed by atoms with Crippen molar-refractivity contribution in [2.75, 3.05) is 5.32 Å². The van der Waals surface area contributed by atoms with Gasteiger partial charge in [-0.15, -0.1) is 11.3 Å². The fraction of sp³-hybridized carbons (Fsp3) is 0.364. The molecule has 0 radical (unpaired) electrons. The number of rotatable bonds is 4. The highest BCUT2D eigenvalue weighted by molar-refractivity contribution is 7.09. The van der Waals surface area contributed by atoms with Gasteiger partial charge in [0.2, 0.25) is 5.95 Å². The van der Waals surface area contributed by atoms with Crippen LogP contribution in [0.25, 0.3) is 0 Å². The second-order valence-corrected chi connectivity index (χ2v) is 4.91. The molecule has 0 bridgehead atoms. The predicted octanol–water partition coefficient (Wildman–Crippen LogP) is 2.57. The van der Waals surface area contributed by atoms with Crippen LogP contribution in [0.3, 0.4) is 0 Å². The summed E-state index contributed by atoms with van der Waals surface area (Å²) in [6.07, 6.45) is 6.46. The molecule has 0 saturated heterocycles. The summed E-state index contributed by atoms with van der Waals surface area (Å²) in [6, 6.07) is 4.91. The summed E-state index contributed by atoms with van der Waals surface area (Å²) < 4.78 is 2.17. The van der Waals surface area contributed by atoms with Crippen LogP contribution < -0.4 is 5.32 Å². The first-order valence-corrected chi connectivity index (χ1v) is 6.10. The molecular formula is C11H13N3S. The SMILES string of the molecule is c1csc(Cn2ccnc2NC2CC2)c1. The highest BCUT2D eigenvalue weighted by Crippen LogP contribution is 2.24. The zero-order valence-electron chi connectivity index (χ0n) is 8.39. The standard InChI is InChI=1S/C11H13N3S/c1-2-10(15-7-1)8-14-6-5-12-11(14)13-9-3-4-9/h1-2,5-7,9H,3-4,8H2,(H,12,13). The molecule has 4 heteroatoms. The van der Waals surface area contributed by atoms with E-state index in [-0.39, 0.29) is 0 Å². The third-order valence-electron chi connectivity index (χ3n) is 2.53. The van der Waals surface area contributed by atoms with Crippen LogP contribution in [0.2, 0.25) is 0 Å². The lowest BCUT2D eigenvalue weighted by atomic mass is 10.4. The van der Waals surface area contributed by atoms with Crippen molar-refractivity contribution in [1.29, 1.82) is 0 Å². The zero-order valence-corrected chi connectivity index (χ0v) is 9.20. The van der Waals surface area contributed by atoms with Crippen molar-refractivity contribution in [3.05, 3.63) is 34.8 Å². The third kappa shape index (κ3) is 2.04. The van der Waals surface area contributed by atoms with Crippen LogP contribution in [-0.4, -0.2) is 15.6 Å². The fourth-order valence-electron chi connectivity index (χ4n) is 1.56. The summed E-state index contributed by atoms with van der Waals surface area (Å²) in [5.74, 6) is 1.01. The minimum Gasteiger partial charge on any atom is -0.353 e. The van der Waals surface area contributed by atoms with Gasteiger partial charge in [-0.25, -0.2) is 4.98 Å². The molecule has 1 aliphatic carbocycles.